The van der Waals surface area contributed by atoms with Crippen LogP contribution in [0.4, 0.5) is 5.69 Å². The standard InChI is InChI=1S/C21H13ClN6O5S/c22-12-6-9-17(16(10-12)20-24-27-28-25-20)23-21(29)19-15-8-7-13(11-18(15)32-26-19)33-34(30,31)14-4-2-1-3-5-14/h1-11H,(H,23,29)(H,24,25,27,28). The van der Waals surface area contributed by atoms with E-state index in [1.165, 1.54) is 30.3 Å². The summed E-state index contributed by atoms with van der Waals surface area (Å²) in [5.41, 5.74) is 0.979. The van der Waals surface area contributed by atoms with Crippen LogP contribution < -0.4 is 9.50 Å². The molecule has 0 aliphatic rings. The topological polar surface area (TPSA) is 153 Å². The van der Waals surface area contributed by atoms with Gasteiger partial charge in [0, 0.05) is 16.7 Å². The van der Waals surface area contributed by atoms with E-state index >= 15 is 0 Å². The van der Waals surface area contributed by atoms with Crippen molar-refractivity contribution in [2.24, 2.45) is 0 Å². The maximum Gasteiger partial charge on any atom is 0.339 e. The summed E-state index contributed by atoms with van der Waals surface area (Å²) in [6.45, 7) is 0. The Morgan fingerprint density at radius 2 is 1.88 bits per heavy atom. The summed E-state index contributed by atoms with van der Waals surface area (Å²) in [4.78, 5) is 12.9. The van der Waals surface area contributed by atoms with E-state index in [0.717, 1.165) is 0 Å². The van der Waals surface area contributed by atoms with Crippen LogP contribution in [0.5, 0.6) is 5.75 Å². The summed E-state index contributed by atoms with van der Waals surface area (Å²) in [5, 5.41) is 21.0. The first-order valence-electron chi connectivity index (χ1n) is 9.64. The van der Waals surface area contributed by atoms with E-state index in [1.54, 1.807) is 36.4 Å². The number of benzene rings is 3. The van der Waals surface area contributed by atoms with Gasteiger partial charge in [-0.15, -0.1) is 10.2 Å². The minimum absolute atomic E-state index is 0.00750. The number of aromatic amines is 1. The quantitative estimate of drug-likeness (QED) is 0.335. The van der Waals surface area contributed by atoms with Crippen LogP contribution in [0.3, 0.4) is 0 Å². The number of hydrogen-bond donors (Lipinski definition) is 2. The van der Waals surface area contributed by atoms with Crippen LogP contribution in [-0.2, 0) is 10.1 Å². The van der Waals surface area contributed by atoms with Crippen LogP contribution in [0.25, 0.3) is 22.4 Å². The van der Waals surface area contributed by atoms with Crippen molar-refractivity contribution >= 4 is 44.3 Å². The third kappa shape index (κ3) is 4.19. The summed E-state index contributed by atoms with van der Waals surface area (Å²) < 4.78 is 35.3. The van der Waals surface area contributed by atoms with E-state index in [1.807, 2.05) is 0 Å². The van der Waals surface area contributed by atoms with E-state index in [2.05, 4.69) is 31.1 Å². The van der Waals surface area contributed by atoms with Crippen molar-refractivity contribution in [3.05, 3.63) is 77.4 Å². The average Bonchev–Trinajstić information content (AvgIpc) is 3.50. The molecule has 0 spiro atoms. The normalized spacial score (nSPS) is 11.4. The second-order valence-corrected chi connectivity index (χ2v) is 8.90. The molecule has 13 heteroatoms. The summed E-state index contributed by atoms with van der Waals surface area (Å²) >= 11 is 6.07. The molecule has 0 saturated carbocycles. The third-order valence-electron chi connectivity index (χ3n) is 4.71. The molecular formula is C21H13ClN6O5S. The summed E-state index contributed by atoms with van der Waals surface area (Å²) in [5.74, 6) is -0.322. The summed E-state index contributed by atoms with van der Waals surface area (Å²) in [6.07, 6.45) is 0. The monoisotopic (exact) mass is 496 g/mol. The molecule has 0 bridgehead atoms. The van der Waals surface area contributed by atoms with Gasteiger partial charge >= 0.3 is 10.1 Å². The number of hydrogen-bond acceptors (Lipinski definition) is 9. The number of carbonyl (C=O) groups excluding carboxylic acids is 1. The first-order valence-corrected chi connectivity index (χ1v) is 11.4. The number of aromatic nitrogens is 5. The molecule has 11 nitrogen and oxygen atoms in total. The van der Waals surface area contributed by atoms with E-state index in [-0.39, 0.29) is 27.7 Å². The van der Waals surface area contributed by atoms with Gasteiger partial charge in [0.1, 0.15) is 10.6 Å². The fourth-order valence-electron chi connectivity index (χ4n) is 3.16. The zero-order valence-electron chi connectivity index (χ0n) is 17.0. The lowest BCUT2D eigenvalue weighted by Gasteiger charge is -2.08. The van der Waals surface area contributed by atoms with Crippen molar-refractivity contribution in [2.45, 2.75) is 4.90 Å². The number of anilines is 1. The molecule has 2 N–H and O–H groups in total. The van der Waals surface area contributed by atoms with Gasteiger partial charge < -0.3 is 14.0 Å². The Morgan fingerprint density at radius 3 is 2.65 bits per heavy atom. The smallest absolute Gasteiger partial charge is 0.339 e. The van der Waals surface area contributed by atoms with Crippen LogP contribution in [0.15, 0.2) is 76.1 Å². The molecule has 2 aromatic heterocycles. The van der Waals surface area contributed by atoms with Gasteiger partial charge in [-0.3, -0.25) is 4.79 Å². The van der Waals surface area contributed by atoms with Gasteiger partial charge in [-0.2, -0.15) is 13.6 Å². The minimum atomic E-state index is -4.03. The Kier molecular flexibility index (Phi) is 5.43. The molecule has 0 atom stereocenters. The first kappa shape index (κ1) is 21.6. The number of halogens is 1. The van der Waals surface area contributed by atoms with Crippen molar-refractivity contribution in [3.8, 4) is 17.1 Å². The molecule has 2 heterocycles. The highest BCUT2D eigenvalue weighted by Gasteiger charge is 2.21. The highest BCUT2D eigenvalue weighted by Crippen LogP contribution is 2.30. The van der Waals surface area contributed by atoms with Gasteiger partial charge in [0.05, 0.1) is 11.1 Å². The van der Waals surface area contributed by atoms with E-state index in [4.69, 9.17) is 20.3 Å². The number of nitrogens with zero attached hydrogens (tertiary/aromatic N) is 4. The van der Waals surface area contributed by atoms with E-state index < -0.39 is 16.0 Å². The van der Waals surface area contributed by atoms with Crippen molar-refractivity contribution in [1.82, 2.24) is 25.8 Å². The number of tetrazole rings is 1. The van der Waals surface area contributed by atoms with Crippen LogP contribution in [0.2, 0.25) is 5.02 Å². The van der Waals surface area contributed by atoms with Crippen molar-refractivity contribution in [3.63, 3.8) is 0 Å². The largest absolute Gasteiger partial charge is 0.379 e. The molecule has 170 valence electrons. The summed E-state index contributed by atoms with van der Waals surface area (Å²) in [7, 11) is -4.03. The Labute approximate surface area is 196 Å². The molecule has 0 unspecified atom stereocenters. The van der Waals surface area contributed by atoms with Gasteiger partial charge in [-0.25, -0.2) is 0 Å². The molecule has 34 heavy (non-hydrogen) atoms. The Balaban J connectivity index is 1.41. The Morgan fingerprint density at radius 1 is 1.06 bits per heavy atom. The molecule has 0 radical (unpaired) electrons. The molecule has 5 rings (SSSR count). The fourth-order valence-corrected chi connectivity index (χ4v) is 4.28. The molecule has 1 amide bonds. The Bertz CT molecular complexity index is 1600. The SMILES string of the molecule is O=C(Nc1ccc(Cl)cc1-c1nn[nH]n1)c1noc2cc(OS(=O)(=O)c3ccccc3)ccc12. The minimum Gasteiger partial charge on any atom is -0.379 e. The van der Waals surface area contributed by atoms with Crippen LogP contribution in [0, 0.1) is 0 Å². The fraction of sp³-hybridized carbons (Fsp3) is 0. The highest BCUT2D eigenvalue weighted by atomic mass is 35.5. The molecule has 3 aromatic carbocycles. The van der Waals surface area contributed by atoms with Crippen LogP contribution in [-0.4, -0.2) is 40.1 Å². The lowest BCUT2D eigenvalue weighted by atomic mass is 10.1. The number of nitrogens with one attached hydrogen (secondary N) is 2. The van der Waals surface area contributed by atoms with Gasteiger partial charge in [0.15, 0.2) is 11.3 Å². The molecule has 0 aliphatic heterocycles. The van der Waals surface area contributed by atoms with Crippen molar-refractivity contribution in [2.75, 3.05) is 5.32 Å². The number of rotatable bonds is 6. The Hall–Kier alpha value is -4.29. The highest BCUT2D eigenvalue weighted by molar-refractivity contribution is 7.87. The van der Waals surface area contributed by atoms with Gasteiger partial charge in [-0.05, 0) is 47.7 Å². The van der Waals surface area contributed by atoms with Crippen molar-refractivity contribution < 1.29 is 21.9 Å². The molecule has 0 saturated heterocycles. The van der Waals surface area contributed by atoms with Gasteiger partial charge in [0.2, 0.25) is 5.82 Å². The molecular weight excluding hydrogens is 484 g/mol. The number of H-pyrrole nitrogens is 1. The first-order chi connectivity index (χ1) is 16.4. The zero-order valence-corrected chi connectivity index (χ0v) is 18.5. The van der Waals surface area contributed by atoms with Crippen LogP contribution in [0.1, 0.15) is 10.5 Å². The molecule has 0 fully saturated rings. The second kappa shape index (κ2) is 8.57. The van der Waals surface area contributed by atoms with Crippen molar-refractivity contribution in [1.29, 1.82) is 0 Å². The van der Waals surface area contributed by atoms with E-state index in [9.17, 15) is 13.2 Å². The molecule has 0 aliphatic carbocycles. The zero-order chi connectivity index (χ0) is 23.7. The number of amides is 1. The number of carbonyl (C=O) groups is 1. The predicted octanol–water partition coefficient (Wildman–Crippen LogP) is 3.68. The lowest BCUT2D eigenvalue weighted by molar-refractivity contribution is 0.102. The second-order valence-electron chi connectivity index (χ2n) is 6.92. The predicted molar refractivity (Wildman–Crippen MR) is 121 cm³/mol. The molecule has 5 aromatic rings. The number of fused-ring (bicyclic) bond motifs is 1. The van der Waals surface area contributed by atoms with Gasteiger partial charge in [0.25, 0.3) is 5.91 Å². The lowest BCUT2D eigenvalue weighted by Crippen LogP contribution is -2.13. The maximum absolute atomic E-state index is 12.9. The summed E-state index contributed by atoms with van der Waals surface area (Å²) in [6, 6.07) is 16.7. The van der Waals surface area contributed by atoms with Crippen LogP contribution >= 0.6 is 11.6 Å². The third-order valence-corrected chi connectivity index (χ3v) is 6.21. The van der Waals surface area contributed by atoms with E-state index in [0.29, 0.717) is 21.7 Å². The maximum atomic E-state index is 12.9. The van der Waals surface area contributed by atoms with Gasteiger partial charge in [-0.1, -0.05) is 35.0 Å². The average molecular weight is 497 g/mol.